The van der Waals surface area contributed by atoms with Crippen LogP contribution in [0, 0.1) is 6.92 Å². The van der Waals surface area contributed by atoms with Crippen molar-refractivity contribution in [3.05, 3.63) is 71.7 Å². The molecule has 94 valence electrons. The third-order valence-electron chi connectivity index (χ3n) is 3.40. The fraction of sp³-hybridized carbons (Fsp3) is 0.125. The van der Waals surface area contributed by atoms with E-state index in [1.165, 1.54) is 0 Å². The van der Waals surface area contributed by atoms with E-state index in [4.69, 9.17) is 5.73 Å². The Balaban J connectivity index is 2.07. The Labute approximate surface area is 112 Å². The zero-order valence-corrected chi connectivity index (χ0v) is 10.7. The first-order valence-corrected chi connectivity index (χ1v) is 6.26. The Kier molecular flexibility index (Phi) is 2.97. The van der Waals surface area contributed by atoms with Crippen LogP contribution in [0.5, 0.6) is 0 Å². The smallest absolute Gasteiger partial charge is 0.0702 e. The predicted molar refractivity (Wildman–Crippen MR) is 76.7 cm³/mol. The number of rotatable bonds is 2. The minimum absolute atomic E-state index is 0.154. The third kappa shape index (κ3) is 2.20. The number of pyridine rings is 2. The second-order valence-corrected chi connectivity index (χ2v) is 4.67. The lowest BCUT2D eigenvalue weighted by molar-refractivity contribution is 0.854. The van der Waals surface area contributed by atoms with Gasteiger partial charge in [0.2, 0.25) is 0 Å². The maximum absolute atomic E-state index is 6.35. The molecule has 2 N–H and O–H groups in total. The van der Waals surface area contributed by atoms with Crippen LogP contribution < -0.4 is 5.73 Å². The maximum atomic E-state index is 6.35. The van der Waals surface area contributed by atoms with Crippen molar-refractivity contribution in [2.75, 3.05) is 0 Å². The van der Waals surface area contributed by atoms with Gasteiger partial charge in [0, 0.05) is 24.0 Å². The van der Waals surface area contributed by atoms with Crippen LogP contribution in [-0.2, 0) is 0 Å². The molecule has 3 aromatic rings. The molecule has 1 aromatic carbocycles. The third-order valence-corrected chi connectivity index (χ3v) is 3.40. The Bertz CT molecular complexity index is 722. The van der Waals surface area contributed by atoms with E-state index in [9.17, 15) is 0 Å². The average Bonchev–Trinajstić information content (AvgIpc) is 2.46. The van der Waals surface area contributed by atoms with Crippen LogP contribution in [0.3, 0.4) is 0 Å². The van der Waals surface area contributed by atoms with Crippen molar-refractivity contribution in [2.24, 2.45) is 5.73 Å². The van der Waals surface area contributed by atoms with Crippen molar-refractivity contribution in [1.82, 2.24) is 9.97 Å². The number of hydrogen-bond acceptors (Lipinski definition) is 3. The van der Waals surface area contributed by atoms with Gasteiger partial charge in [-0.25, -0.2) is 0 Å². The van der Waals surface area contributed by atoms with Crippen molar-refractivity contribution in [3.8, 4) is 0 Å². The molecular formula is C16H15N3. The molecule has 3 heteroatoms. The number of nitrogens with two attached hydrogens (primary N) is 1. The van der Waals surface area contributed by atoms with Crippen molar-refractivity contribution >= 4 is 10.9 Å². The van der Waals surface area contributed by atoms with Gasteiger partial charge in [0.25, 0.3) is 0 Å². The van der Waals surface area contributed by atoms with E-state index >= 15 is 0 Å². The van der Waals surface area contributed by atoms with Crippen molar-refractivity contribution in [1.29, 1.82) is 0 Å². The van der Waals surface area contributed by atoms with Gasteiger partial charge in [-0.15, -0.1) is 0 Å². The van der Waals surface area contributed by atoms with Gasteiger partial charge in [-0.2, -0.15) is 0 Å². The molecular weight excluding hydrogens is 234 g/mol. The van der Waals surface area contributed by atoms with E-state index in [1.807, 2.05) is 30.5 Å². The van der Waals surface area contributed by atoms with Gasteiger partial charge in [-0.1, -0.05) is 12.1 Å². The van der Waals surface area contributed by atoms with E-state index in [0.29, 0.717) is 0 Å². The van der Waals surface area contributed by atoms with Crippen LogP contribution in [0.2, 0.25) is 0 Å². The SMILES string of the molecule is Cc1ccncc1C(N)c1ccc2ncccc2c1. The molecule has 3 nitrogen and oxygen atoms in total. The second-order valence-electron chi connectivity index (χ2n) is 4.67. The standard InChI is InChI=1S/C16H15N3/c1-11-6-8-18-10-14(11)16(17)13-4-5-15-12(9-13)3-2-7-19-15/h2-10,16H,17H2,1H3. The summed E-state index contributed by atoms with van der Waals surface area (Å²) in [5.41, 5.74) is 10.6. The van der Waals surface area contributed by atoms with Crippen molar-refractivity contribution in [2.45, 2.75) is 13.0 Å². The molecule has 0 bridgehead atoms. The summed E-state index contributed by atoms with van der Waals surface area (Å²) in [6.45, 7) is 2.06. The molecule has 3 rings (SSSR count). The summed E-state index contributed by atoms with van der Waals surface area (Å²) in [5.74, 6) is 0. The first-order chi connectivity index (χ1) is 9.25. The monoisotopic (exact) mass is 249 g/mol. The number of aromatic nitrogens is 2. The summed E-state index contributed by atoms with van der Waals surface area (Å²) in [5, 5.41) is 1.11. The summed E-state index contributed by atoms with van der Waals surface area (Å²) >= 11 is 0. The van der Waals surface area contributed by atoms with E-state index in [0.717, 1.165) is 27.6 Å². The number of aryl methyl sites for hydroxylation is 1. The van der Waals surface area contributed by atoms with Gasteiger partial charge in [-0.3, -0.25) is 9.97 Å². The van der Waals surface area contributed by atoms with E-state index in [1.54, 1.807) is 12.4 Å². The van der Waals surface area contributed by atoms with Crippen molar-refractivity contribution < 1.29 is 0 Å². The maximum Gasteiger partial charge on any atom is 0.0702 e. The molecule has 0 amide bonds. The highest BCUT2D eigenvalue weighted by Gasteiger charge is 2.11. The fourth-order valence-corrected chi connectivity index (χ4v) is 2.27. The van der Waals surface area contributed by atoms with Crippen LogP contribution in [-0.4, -0.2) is 9.97 Å². The summed E-state index contributed by atoms with van der Waals surface area (Å²) in [4.78, 5) is 8.48. The van der Waals surface area contributed by atoms with Gasteiger partial charge in [-0.05, 0) is 47.9 Å². The van der Waals surface area contributed by atoms with Gasteiger partial charge in [0.15, 0.2) is 0 Å². The van der Waals surface area contributed by atoms with Gasteiger partial charge < -0.3 is 5.73 Å². The van der Waals surface area contributed by atoms with Gasteiger partial charge in [0.1, 0.15) is 0 Å². The Morgan fingerprint density at radius 1 is 1.11 bits per heavy atom. The molecule has 0 saturated heterocycles. The Morgan fingerprint density at radius 3 is 2.84 bits per heavy atom. The van der Waals surface area contributed by atoms with E-state index in [-0.39, 0.29) is 6.04 Å². The molecule has 0 aliphatic carbocycles. The largest absolute Gasteiger partial charge is 0.320 e. The number of hydrogen-bond donors (Lipinski definition) is 1. The first-order valence-electron chi connectivity index (χ1n) is 6.26. The highest BCUT2D eigenvalue weighted by atomic mass is 14.7. The van der Waals surface area contributed by atoms with Crippen LogP contribution in [0.15, 0.2) is 55.0 Å². The van der Waals surface area contributed by atoms with Crippen molar-refractivity contribution in [3.63, 3.8) is 0 Å². The van der Waals surface area contributed by atoms with Crippen LogP contribution >= 0.6 is 0 Å². The van der Waals surface area contributed by atoms with Crippen LogP contribution in [0.4, 0.5) is 0 Å². The normalized spacial score (nSPS) is 12.5. The topological polar surface area (TPSA) is 51.8 Å². The number of benzene rings is 1. The second kappa shape index (κ2) is 4.78. The summed E-state index contributed by atoms with van der Waals surface area (Å²) in [6, 6.07) is 12.0. The Hall–Kier alpha value is -2.26. The molecule has 2 aromatic heterocycles. The minimum Gasteiger partial charge on any atom is -0.320 e. The fourth-order valence-electron chi connectivity index (χ4n) is 2.27. The molecule has 1 atom stereocenters. The molecule has 0 fully saturated rings. The average molecular weight is 249 g/mol. The number of nitrogens with zero attached hydrogens (tertiary/aromatic N) is 2. The lowest BCUT2D eigenvalue weighted by Crippen LogP contribution is -2.13. The molecule has 0 spiro atoms. The van der Waals surface area contributed by atoms with Crippen LogP contribution in [0.1, 0.15) is 22.7 Å². The Morgan fingerprint density at radius 2 is 2.00 bits per heavy atom. The minimum atomic E-state index is -0.154. The molecule has 0 aliphatic rings. The predicted octanol–water partition coefficient (Wildman–Crippen LogP) is 2.99. The molecule has 2 heterocycles. The van der Waals surface area contributed by atoms with E-state index < -0.39 is 0 Å². The highest BCUT2D eigenvalue weighted by Crippen LogP contribution is 2.24. The quantitative estimate of drug-likeness (QED) is 0.759. The van der Waals surface area contributed by atoms with Crippen LogP contribution in [0.25, 0.3) is 10.9 Å². The zero-order valence-electron chi connectivity index (χ0n) is 10.7. The summed E-state index contributed by atoms with van der Waals surface area (Å²) in [7, 11) is 0. The molecule has 19 heavy (non-hydrogen) atoms. The zero-order chi connectivity index (χ0) is 13.2. The van der Waals surface area contributed by atoms with E-state index in [2.05, 4.69) is 29.0 Å². The van der Waals surface area contributed by atoms with Gasteiger partial charge in [0.05, 0.1) is 11.6 Å². The molecule has 0 saturated carbocycles. The molecule has 0 aliphatic heterocycles. The lowest BCUT2D eigenvalue weighted by atomic mass is 9.96. The number of fused-ring (bicyclic) bond motifs is 1. The molecule has 0 radical (unpaired) electrons. The molecule has 1 unspecified atom stereocenters. The highest BCUT2D eigenvalue weighted by molar-refractivity contribution is 5.79. The van der Waals surface area contributed by atoms with Gasteiger partial charge >= 0.3 is 0 Å². The lowest BCUT2D eigenvalue weighted by Gasteiger charge is -2.15. The summed E-state index contributed by atoms with van der Waals surface area (Å²) in [6.07, 6.45) is 5.43. The first kappa shape index (κ1) is 11.8. The summed E-state index contributed by atoms with van der Waals surface area (Å²) < 4.78 is 0.